The van der Waals surface area contributed by atoms with E-state index in [1.807, 2.05) is 0 Å². The molecule has 1 aliphatic rings. The Morgan fingerprint density at radius 1 is 1.14 bits per heavy atom. The molecule has 11 heteroatoms. The second-order valence-electron chi connectivity index (χ2n) is 8.38. The Morgan fingerprint density at radius 3 is 2.42 bits per heavy atom. The molecule has 4 rings (SSSR count). The van der Waals surface area contributed by atoms with Gasteiger partial charge in [-0.05, 0) is 54.8 Å². The van der Waals surface area contributed by atoms with Crippen molar-refractivity contribution < 1.29 is 37.3 Å². The molecule has 2 N–H and O–H groups in total. The lowest BCUT2D eigenvalue weighted by Crippen LogP contribution is -2.37. The zero-order chi connectivity index (χ0) is 26.0. The van der Waals surface area contributed by atoms with Crippen LogP contribution in [0.4, 0.5) is 18.9 Å². The van der Waals surface area contributed by atoms with Gasteiger partial charge in [0, 0.05) is 11.8 Å². The third kappa shape index (κ3) is 5.71. The normalized spacial score (nSPS) is 13.9. The number of benzene rings is 2. The van der Waals surface area contributed by atoms with Crippen LogP contribution in [0.15, 0.2) is 54.7 Å². The van der Waals surface area contributed by atoms with E-state index in [1.165, 1.54) is 36.4 Å². The van der Waals surface area contributed by atoms with Gasteiger partial charge >= 0.3 is 12.6 Å². The number of aromatic nitrogens is 1. The summed E-state index contributed by atoms with van der Waals surface area (Å²) in [5.74, 6) is -3.70. The molecule has 0 spiro atoms. The summed E-state index contributed by atoms with van der Waals surface area (Å²) >= 11 is 5.82. The molecule has 0 unspecified atom stereocenters. The summed E-state index contributed by atoms with van der Waals surface area (Å²) in [6.45, 7) is -3.22. The Hall–Kier alpha value is -3.79. The highest BCUT2D eigenvalue weighted by Gasteiger charge is 2.35. The van der Waals surface area contributed by atoms with Gasteiger partial charge in [-0.1, -0.05) is 24.4 Å². The van der Waals surface area contributed by atoms with E-state index < -0.39 is 41.5 Å². The third-order valence-corrected chi connectivity index (χ3v) is 6.14. The average Bonchev–Trinajstić information content (AvgIpc) is 3.65. The van der Waals surface area contributed by atoms with Crippen molar-refractivity contribution in [2.45, 2.75) is 31.8 Å². The fourth-order valence-corrected chi connectivity index (χ4v) is 4.04. The largest absolute Gasteiger partial charge is 0.618 e. The van der Waals surface area contributed by atoms with Crippen molar-refractivity contribution in [1.29, 1.82) is 0 Å². The molecule has 7 nitrogen and oxygen atoms in total. The van der Waals surface area contributed by atoms with Crippen molar-refractivity contribution in [3.8, 4) is 16.9 Å². The maximum absolute atomic E-state index is 14.7. The summed E-state index contributed by atoms with van der Waals surface area (Å²) in [5, 5.41) is 24.4. The zero-order valence-corrected chi connectivity index (χ0v) is 19.3. The number of carboxylic acid groups (broad SMARTS) is 1. The van der Waals surface area contributed by atoms with Gasteiger partial charge in [-0.25, -0.2) is 9.18 Å². The van der Waals surface area contributed by atoms with Gasteiger partial charge in [0.25, 0.3) is 0 Å². The minimum Gasteiger partial charge on any atom is -0.618 e. The first kappa shape index (κ1) is 25.3. The lowest BCUT2D eigenvalue weighted by Gasteiger charge is -2.18. The molecule has 188 valence electrons. The Labute approximate surface area is 208 Å². The van der Waals surface area contributed by atoms with E-state index in [9.17, 15) is 28.0 Å². The number of hydrogen-bond donors (Lipinski definition) is 2. The number of aromatic carboxylic acids is 1. The SMILES string of the molecule is O=C(O)c1ccc(NC(=O)[C@H](CC2CC2)c2ccc(-c3c(OC(F)F)ccc(Cl)c3F)c[n+]2[O-])cc1. The molecule has 0 radical (unpaired) electrons. The van der Waals surface area contributed by atoms with Crippen LogP contribution in [-0.2, 0) is 4.79 Å². The Bertz CT molecular complexity index is 1300. The van der Waals surface area contributed by atoms with Crippen molar-refractivity contribution >= 4 is 29.2 Å². The number of pyridine rings is 1. The van der Waals surface area contributed by atoms with Gasteiger partial charge in [-0.15, -0.1) is 0 Å². The number of ether oxygens (including phenoxy) is 1. The van der Waals surface area contributed by atoms with Gasteiger partial charge < -0.3 is 20.4 Å². The molecule has 0 aliphatic heterocycles. The minimum atomic E-state index is -3.22. The minimum absolute atomic E-state index is 0.0546. The van der Waals surface area contributed by atoms with Crippen LogP contribution in [0.1, 0.15) is 41.2 Å². The fraction of sp³-hybridized carbons (Fsp3) is 0.240. The predicted molar refractivity (Wildman–Crippen MR) is 125 cm³/mol. The van der Waals surface area contributed by atoms with Crippen LogP contribution in [0.3, 0.4) is 0 Å². The molecule has 1 aromatic heterocycles. The van der Waals surface area contributed by atoms with Crippen LogP contribution in [0.25, 0.3) is 11.1 Å². The van der Waals surface area contributed by atoms with Crippen LogP contribution >= 0.6 is 11.6 Å². The molecule has 1 heterocycles. The van der Waals surface area contributed by atoms with E-state index in [0.29, 0.717) is 16.8 Å². The van der Waals surface area contributed by atoms with Crippen molar-refractivity contribution in [3.63, 3.8) is 0 Å². The molecule has 0 saturated heterocycles. The molecule has 1 saturated carbocycles. The predicted octanol–water partition coefficient (Wildman–Crippen LogP) is 5.60. The van der Waals surface area contributed by atoms with Gasteiger partial charge in [0.15, 0.2) is 12.0 Å². The van der Waals surface area contributed by atoms with Crippen molar-refractivity contribution in [1.82, 2.24) is 0 Å². The summed E-state index contributed by atoms with van der Waals surface area (Å²) in [6, 6.07) is 10.4. The van der Waals surface area contributed by atoms with Crippen molar-refractivity contribution in [3.05, 3.63) is 82.0 Å². The Morgan fingerprint density at radius 2 is 1.83 bits per heavy atom. The fourth-order valence-electron chi connectivity index (χ4n) is 3.88. The van der Waals surface area contributed by atoms with Crippen molar-refractivity contribution in [2.75, 3.05) is 5.32 Å². The average molecular weight is 521 g/mol. The highest BCUT2D eigenvalue weighted by Crippen LogP contribution is 2.40. The second kappa shape index (κ2) is 10.4. The second-order valence-corrected chi connectivity index (χ2v) is 8.79. The summed E-state index contributed by atoms with van der Waals surface area (Å²) in [6.07, 6.45) is 3.20. The summed E-state index contributed by atoms with van der Waals surface area (Å²) in [4.78, 5) is 24.2. The van der Waals surface area contributed by atoms with Gasteiger partial charge in [0.1, 0.15) is 11.7 Å². The van der Waals surface area contributed by atoms with Gasteiger partial charge in [0.2, 0.25) is 11.6 Å². The number of carboxylic acids is 1. The summed E-state index contributed by atoms with van der Waals surface area (Å²) in [7, 11) is 0. The maximum Gasteiger partial charge on any atom is 0.387 e. The van der Waals surface area contributed by atoms with Gasteiger partial charge in [-0.2, -0.15) is 13.5 Å². The maximum atomic E-state index is 14.7. The molecule has 2 aromatic carbocycles. The number of halogens is 4. The number of alkyl halides is 2. The van der Waals surface area contributed by atoms with E-state index in [0.717, 1.165) is 31.2 Å². The molecule has 36 heavy (non-hydrogen) atoms. The topological polar surface area (TPSA) is 103 Å². The van der Waals surface area contributed by atoms with Gasteiger partial charge in [0.05, 0.1) is 21.7 Å². The smallest absolute Gasteiger partial charge is 0.387 e. The monoisotopic (exact) mass is 520 g/mol. The zero-order valence-electron chi connectivity index (χ0n) is 18.6. The molecule has 1 aliphatic carbocycles. The summed E-state index contributed by atoms with van der Waals surface area (Å²) < 4.78 is 45.2. The Kier molecular flexibility index (Phi) is 7.35. The number of carbonyl (C=O) groups excluding carboxylic acids is 1. The molecular formula is C25H20ClF3N2O5. The quantitative estimate of drug-likeness (QED) is 0.282. The lowest BCUT2D eigenvalue weighted by atomic mass is 9.95. The van der Waals surface area contributed by atoms with Crippen LogP contribution in [-0.4, -0.2) is 23.6 Å². The van der Waals surface area contributed by atoms with E-state index >= 15 is 0 Å². The van der Waals surface area contributed by atoms with Crippen LogP contribution in [0, 0.1) is 16.9 Å². The molecule has 3 aromatic rings. The standard InChI is InChI=1S/C25H20ClF3N2O5/c26-18-8-10-20(36-25(28)29)21(22(18)27)15-5-9-19(31(35)12-15)17(11-13-1-2-13)23(32)30-16-6-3-14(4-7-16)24(33)34/h3-10,12-13,17,25H,1-2,11H2,(H,30,32)(H,33,34)/t17-/m1/s1. The number of anilines is 1. The van der Waals surface area contributed by atoms with Crippen LogP contribution in [0.2, 0.25) is 5.02 Å². The molecular weight excluding hydrogens is 501 g/mol. The van der Waals surface area contributed by atoms with Crippen molar-refractivity contribution in [2.24, 2.45) is 5.92 Å². The van der Waals surface area contributed by atoms with Crippen LogP contribution in [0.5, 0.6) is 5.75 Å². The van der Waals surface area contributed by atoms with E-state index in [4.69, 9.17) is 16.7 Å². The number of amides is 1. The molecule has 1 atom stereocenters. The number of rotatable bonds is 9. The van der Waals surface area contributed by atoms with E-state index in [1.54, 1.807) is 0 Å². The first-order valence-electron chi connectivity index (χ1n) is 10.9. The molecule has 1 fully saturated rings. The third-order valence-electron chi connectivity index (χ3n) is 5.84. The number of nitrogens with zero attached hydrogens (tertiary/aromatic N) is 1. The van der Waals surface area contributed by atoms with Gasteiger partial charge in [-0.3, -0.25) is 4.79 Å². The summed E-state index contributed by atoms with van der Waals surface area (Å²) in [5.41, 5.74) is 0.0394. The van der Waals surface area contributed by atoms with E-state index in [-0.39, 0.29) is 27.8 Å². The Balaban J connectivity index is 1.65. The van der Waals surface area contributed by atoms with Crippen LogP contribution < -0.4 is 14.8 Å². The first-order chi connectivity index (χ1) is 17.1. The molecule has 0 bridgehead atoms. The number of nitrogens with one attached hydrogen (secondary N) is 1. The first-order valence-corrected chi connectivity index (χ1v) is 11.3. The number of hydrogen-bond acceptors (Lipinski definition) is 4. The number of carbonyl (C=O) groups is 2. The highest BCUT2D eigenvalue weighted by atomic mass is 35.5. The molecule has 1 amide bonds. The van der Waals surface area contributed by atoms with E-state index in [2.05, 4.69) is 10.1 Å². The lowest BCUT2D eigenvalue weighted by molar-refractivity contribution is -0.614. The highest BCUT2D eigenvalue weighted by molar-refractivity contribution is 6.31.